The second-order valence-corrected chi connectivity index (χ2v) is 7.18. The van der Waals surface area contributed by atoms with Crippen LogP contribution in [0.2, 0.25) is 0 Å². The Balaban J connectivity index is 1.46. The fraction of sp³-hybridized carbons (Fsp3) is 0.111. The summed E-state index contributed by atoms with van der Waals surface area (Å²) in [5, 5.41) is 12.4. The Hall–Kier alpha value is -2.84. The van der Waals surface area contributed by atoms with E-state index in [1.165, 1.54) is 11.3 Å². The summed E-state index contributed by atoms with van der Waals surface area (Å²) in [6.07, 6.45) is -0.667. The topological polar surface area (TPSA) is 78.1 Å². The summed E-state index contributed by atoms with van der Waals surface area (Å²) >= 11 is 2.98. The maximum atomic E-state index is 12.3. The van der Waals surface area contributed by atoms with Crippen LogP contribution in [-0.2, 0) is 4.74 Å². The van der Waals surface area contributed by atoms with Gasteiger partial charge in [0.2, 0.25) is 5.89 Å². The number of aromatic nitrogens is 3. The first-order valence-electron chi connectivity index (χ1n) is 7.80. The minimum Gasteiger partial charge on any atom is -0.448 e. The highest BCUT2D eigenvalue weighted by atomic mass is 32.1. The normalized spacial score (nSPS) is 12.0. The molecule has 0 N–H and O–H groups in total. The number of benzene rings is 1. The average molecular weight is 383 g/mol. The molecule has 0 spiro atoms. The van der Waals surface area contributed by atoms with Gasteiger partial charge in [-0.15, -0.1) is 32.9 Å². The number of rotatable bonds is 5. The number of carbonyl (C=O) groups excluding carboxylic acids is 1. The molecule has 1 atom stereocenters. The lowest BCUT2D eigenvalue weighted by atomic mass is 10.2. The molecule has 26 heavy (non-hydrogen) atoms. The van der Waals surface area contributed by atoms with E-state index in [1.807, 2.05) is 47.8 Å². The highest BCUT2D eigenvalue weighted by molar-refractivity contribution is 7.20. The van der Waals surface area contributed by atoms with Crippen LogP contribution in [-0.4, -0.2) is 21.2 Å². The highest BCUT2D eigenvalue weighted by Crippen LogP contribution is 2.29. The minimum atomic E-state index is -0.667. The molecule has 0 aliphatic carbocycles. The van der Waals surface area contributed by atoms with E-state index in [9.17, 15) is 4.79 Å². The van der Waals surface area contributed by atoms with Gasteiger partial charge in [-0.25, -0.2) is 9.78 Å². The molecule has 0 amide bonds. The molecule has 0 bridgehead atoms. The molecule has 0 aliphatic heterocycles. The SMILES string of the molecule is C[C@@H](OC(=O)c1csc(-c2cccs2)n1)c1nnc(-c2ccccc2)o1. The predicted octanol–water partition coefficient (Wildman–Crippen LogP) is 4.84. The van der Waals surface area contributed by atoms with Crippen LogP contribution < -0.4 is 0 Å². The third kappa shape index (κ3) is 3.42. The second kappa shape index (κ2) is 7.19. The Bertz CT molecular complexity index is 1010. The summed E-state index contributed by atoms with van der Waals surface area (Å²) in [4.78, 5) is 17.7. The number of ether oxygens (including phenoxy) is 1. The predicted molar refractivity (Wildman–Crippen MR) is 99.0 cm³/mol. The second-order valence-electron chi connectivity index (χ2n) is 5.37. The first-order chi connectivity index (χ1) is 12.7. The Morgan fingerprint density at radius 1 is 1.12 bits per heavy atom. The summed E-state index contributed by atoms with van der Waals surface area (Å²) in [5.41, 5.74) is 1.08. The van der Waals surface area contributed by atoms with E-state index in [1.54, 1.807) is 23.6 Å². The lowest BCUT2D eigenvalue weighted by Crippen LogP contribution is -2.10. The van der Waals surface area contributed by atoms with Gasteiger partial charge in [0.15, 0.2) is 11.8 Å². The van der Waals surface area contributed by atoms with Gasteiger partial charge in [-0.1, -0.05) is 24.3 Å². The summed E-state index contributed by atoms with van der Waals surface area (Å²) in [7, 11) is 0. The zero-order valence-corrected chi connectivity index (χ0v) is 15.3. The van der Waals surface area contributed by atoms with Gasteiger partial charge in [-0.3, -0.25) is 0 Å². The largest absolute Gasteiger partial charge is 0.448 e. The fourth-order valence-corrected chi connectivity index (χ4v) is 3.85. The third-order valence-electron chi connectivity index (χ3n) is 3.54. The van der Waals surface area contributed by atoms with E-state index in [-0.39, 0.29) is 11.6 Å². The molecular formula is C18H13N3O3S2. The zero-order chi connectivity index (χ0) is 17.9. The van der Waals surface area contributed by atoms with Crippen LogP contribution in [0.1, 0.15) is 29.4 Å². The van der Waals surface area contributed by atoms with Crippen molar-refractivity contribution in [2.45, 2.75) is 13.0 Å². The van der Waals surface area contributed by atoms with Crippen molar-refractivity contribution in [1.82, 2.24) is 15.2 Å². The van der Waals surface area contributed by atoms with Crippen LogP contribution in [0.25, 0.3) is 21.3 Å². The molecule has 3 heterocycles. The molecule has 4 aromatic rings. The first-order valence-corrected chi connectivity index (χ1v) is 9.56. The number of esters is 1. The van der Waals surface area contributed by atoms with E-state index in [4.69, 9.17) is 9.15 Å². The lowest BCUT2D eigenvalue weighted by Gasteiger charge is -2.07. The Kier molecular flexibility index (Phi) is 4.59. The molecule has 130 valence electrons. The van der Waals surface area contributed by atoms with E-state index in [0.717, 1.165) is 15.4 Å². The van der Waals surface area contributed by atoms with Crippen molar-refractivity contribution in [3.05, 3.63) is 64.8 Å². The molecule has 6 nitrogen and oxygen atoms in total. The molecule has 0 fully saturated rings. The molecule has 0 unspecified atom stereocenters. The average Bonchev–Trinajstić information content (AvgIpc) is 3.43. The number of nitrogens with zero attached hydrogens (tertiary/aromatic N) is 3. The molecule has 4 rings (SSSR count). The van der Waals surface area contributed by atoms with Gasteiger partial charge in [0.1, 0.15) is 5.01 Å². The molecule has 0 radical (unpaired) electrons. The van der Waals surface area contributed by atoms with E-state index < -0.39 is 12.1 Å². The van der Waals surface area contributed by atoms with E-state index in [0.29, 0.717) is 5.89 Å². The van der Waals surface area contributed by atoms with Gasteiger partial charge in [-0.2, -0.15) is 0 Å². The summed E-state index contributed by atoms with van der Waals surface area (Å²) < 4.78 is 11.0. The molecule has 8 heteroatoms. The van der Waals surface area contributed by atoms with Gasteiger partial charge in [0.25, 0.3) is 5.89 Å². The van der Waals surface area contributed by atoms with Crippen LogP contribution in [0, 0.1) is 0 Å². The van der Waals surface area contributed by atoms with Gasteiger partial charge in [0, 0.05) is 10.9 Å². The first kappa shape index (κ1) is 16.6. The van der Waals surface area contributed by atoms with E-state index in [2.05, 4.69) is 15.2 Å². The summed E-state index contributed by atoms with van der Waals surface area (Å²) in [5.74, 6) is 0.110. The molecule has 0 saturated carbocycles. The smallest absolute Gasteiger partial charge is 0.358 e. The van der Waals surface area contributed by atoms with Gasteiger partial charge < -0.3 is 9.15 Å². The molecule has 0 aliphatic rings. The number of hydrogen-bond donors (Lipinski definition) is 0. The highest BCUT2D eigenvalue weighted by Gasteiger charge is 2.22. The number of thiophene rings is 1. The lowest BCUT2D eigenvalue weighted by molar-refractivity contribution is 0.0274. The monoisotopic (exact) mass is 383 g/mol. The van der Waals surface area contributed by atoms with Crippen LogP contribution in [0.15, 0.2) is 57.6 Å². The molecule has 3 aromatic heterocycles. The summed E-state index contributed by atoms with van der Waals surface area (Å²) in [6.45, 7) is 1.69. The number of thiazole rings is 1. The van der Waals surface area contributed by atoms with Crippen molar-refractivity contribution in [3.8, 4) is 21.3 Å². The van der Waals surface area contributed by atoms with Crippen molar-refractivity contribution in [2.24, 2.45) is 0 Å². The van der Waals surface area contributed by atoms with Crippen LogP contribution >= 0.6 is 22.7 Å². The third-order valence-corrected chi connectivity index (χ3v) is 5.42. The molecule has 0 saturated heterocycles. The van der Waals surface area contributed by atoms with Crippen molar-refractivity contribution < 1.29 is 13.9 Å². The Labute approximate surface area is 157 Å². The van der Waals surface area contributed by atoms with Crippen LogP contribution in [0.3, 0.4) is 0 Å². The Morgan fingerprint density at radius 3 is 2.73 bits per heavy atom. The van der Waals surface area contributed by atoms with Crippen molar-refractivity contribution in [2.75, 3.05) is 0 Å². The molecular weight excluding hydrogens is 370 g/mol. The van der Waals surface area contributed by atoms with Crippen molar-refractivity contribution in [1.29, 1.82) is 0 Å². The molecule has 1 aromatic carbocycles. The minimum absolute atomic E-state index is 0.242. The van der Waals surface area contributed by atoms with Crippen LogP contribution in [0.5, 0.6) is 0 Å². The van der Waals surface area contributed by atoms with Gasteiger partial charge in [-0.05, 0) is 30.5 Å². The Morgan fingerprint density at radius 2 is 1.96 bits per heavy atom. The van der Waals surface area contributed by atoms with Crippen LogP contribution in [0.4, 0.5) is 0 Å². The quantitative estimate of drug-likeness (QED) is 0.459. The maximum Gasteiger partial charge on any atom is 0.358 e. The van der Waals surface area contributed by atoms with Gasteiger partial charge in [0.05, 0.1) is 4.88 Å². The zero-order valence-electron chi connectivity index (χ0n) is 13.7. The standard InChI is InChI=1S/C18H13N3O3S2/c1-11(15-20-21-16(24-15)12-6-3-2-4-7-12)23-18(22)13-10-26-17(19-13)14-8-5-9-25-14/h2-11H,1H3/t11-/m1/s1. The van der Waals surface area contributed by atoms with Gasteiger partial charge >= 0.3 is 5.97 Å². The number of carbonyl (C=O) groups is 1. The fourth-order valence-electron chi connectivity index (χ4n) is 2.25. The van der Waals surface area contributed by atoms with Crippen molar-refractivity contribution in [3.63, 3.8) is 0 Å². The van der Waals surface area contributed by atoms with Crippen molar-refractivity contribution >= 4 is 28.6 Å². The number of hydrogen-bond acceptors (Lipinski definition) is 8. The summed E-state index contributed by atoms with van der Waals surface area (Å²) in [6, 6.07) is 13.3. The van der Waals surface area contributed by atoms with E-state index >= 15 is 0 Å². The maximum absolute atomic E-state index is 12.3.